The van der Waals surface area contributed by atoms with Crippen molar-refractivity contribution in [3.8, 4) is 0 Å². The zero-order chi connectivity index (χ0) is 11.0. The lowest BCUT2D eigenvalue weighted by Crippen LogP contribution is -2.35. The second kappa shape index (κ2) is 7.73. The Morgan fingerprint density at radius 3 is 2.64 bits per heavy atom. The number of carbonyl (C=O) groups is 1. The molecule has 1 unspecified atom stereocenters. The van der Waals surface area contributed by atoms with Crippen LogP contribution in [0.3, 0.4) is 0 Å². The van der Waals surface area contributed by atoms with E-state index in [0.717, 1.165) is 13.0 Å². The molecule has 5 nitrogen and oxygen atoms in total. The second-order valence-electron chi connectivity index (χ2n) is 3.23. The number of nitrogens with one attached hydrogen (secondary N) is 1. The van der Waals surface area contributed by atoms with Crippen LogP contribution in [0.5, 0.6) is 0 Å². The van der Waals surface area contributed by atoms with Crippen molar-refractivity contribution in [3.63, 3.8) is 0 Å². The summed E-state index contributed by atoms with van der Waals surface area (Å²) in [5.74, 6) is 4.52. The number of hydrazine groups is 1. The fourth-order valence-electron chi connectivity index (χ4n) is 1.30. The Morgan fingerprint density at radius 1 is 1.57 bits per heavy atom. The molecule has 0 saturated heterocycles. The number of carbonyl (C=O) groups excluding carboxylic acids is 1. The standard InChI is InChI=1S/C9H21N3O2/c1-4-8(3)12(5-2)7-6-9(13)14-11-10/h8,11H,4-7,10H2,1-3H3. The lowest BCUT2D eigenvalue weighted by atomic mass is 10.2. The molecular weight excluding hydrogens is 182 g/mol. The van der Waals surface area contributed by atoms with E-state index in [0.29, 0.717) is 19.0 Å². The van der Waals surface area contributed by atoms with Crippen LogP contribution < -0.4 is 11.4 Å². The van der Waals surface area contributed by atoms with Gasteiger partial charge in [-0.25, -0.2) is 5.84 Å². The first-order chi connectivity index (χ1) is 6.65. The van der Waals surface area contributed by atoms with E-state index >= 15 is 0 Å². The van der Waals surface area contributed by atoms with Gasteiger partial charge in [0, 0.05) is 12.6 Å². The fourth-order valence-corrected chi connectivity index (χ4v) is 1.30. The highest BCUT2D eigenvalue weighted by Crippen LogP contribution is 2.03. The monoisotopic (exact) mass is 203 g/mol. The van der Waals surface area contributed by atoms with Gasteiger partial charge in [-0.05, 0) is 19.9 Å². The number of hydrogen-bond donors (Lipinski definition) is 2. The number of hydrogen-bond acceptors (Lipinski definition) is 5. The van der Waals surface area contributed by atoms with Crippen LogP contribution in [0, 0.1) is 0 Å². The van der Waals surface area contributed by atoms with Crippen molar-refractivity contribution < 1.29 is 9.63 Å². The van der Waals surface area contributed by atoms with Crippen molar-refractivity contribution >= 4 is 5.97 Å². The van der Waals surface area contributed by atoms with Crippen LogP contribution in [0.25, 0.3) is 0 Å². The largest absolute Gasteiger partial charge is 0.356 e. The third-order valence-corrected chi connectivity index (χ3v) is 2.40. The molecular formula is C9H21N3O2. The summed E-state index contributed by atoms with van der Waals surface area (Å²) >= 11 is 0. The van der Waals surface area contributed by atoms with E-state index in [2.05, 4.69) is 30.5 Å². The first-order valence-corrected chi connectivity index (χ1v) is 5.05. The Bertz CT molecular complexity index is 164. The number of nitrogens with zero attached hydrogens (tertiary/aromatic N) is 1. The molecule has 0 rings (SSSR count). The maximum absolute atomic E-state index is 11.0. The molecule has 0 aliphatic heterocycles. The maximum Gasteiger partial charge on any atom is 0.327 e. The van der Waals surface area contributed by atoms with Gasteiger partial charge in [-0.1, -0.05) is 19.4 Å². The minimum Gasteiger partial charge on any atom is -0.356 e. The summed E-state index contributed by atoms with van der Waals surface area (Å²) in [6, 6.07) is 0.499. The molecule has 0 aromatic rings. The molecule has 0 amide bonds. The minimum absolute atomic E-state index is 0.325. The summed E-state index contributed by atoms with van der Waals surface area (Å²) in [6.45, 7) is 8.02. The molecule has 0 radical (unpaired) electrons. The van der Waals surface area contributed by atoms with Crippen molar-refractivity contribution in [3.05, 3.63) is 0 Å². The lowest BCUT2D eigenvalue weighted by molar-refractivity contribution is -0.151. The second-order valence-corrected chi connectivity index (χ2v) is 3.23. The predicted molar refractivity (Wildman–Crippen MR) is 55.0 cm³/mol. The molecule has 0 aliphatic rings. The highest BCUT2D eigenvalue weighted by atomic mass is 16.7. The summed E-state index contributed by atoms with van der Waals surface area (Å²) in [5.41, 5.74) is 1.88. The summed E-state index contributed by atoms with van der Waals surface area (Å²) in [6.07, 6.45) is 1.44. The molecule has 0 bridgehead atoms. The van der Waals surface area contributed by atoms with E-state index in [1.165, 1.54) is 0 Å². The van der Waals surface area contributed by atoms with E-state index < -0.39 is 0 Å². The average Bonchev–Trinajstić information content (AvgIpc) is 2.18. The quantitative estimate of drug-likeness (QED) is 0.463. The van der Waals surface area contributed by atoms with Gasteiger partial charge in [0.2, 0.25) is 0 Å². The van der Waals surface area contributed by atoms with Crippen LogP contribution in [0.1, 0.15) is 33.6 Å². The molecule has 0 saturated carbocycles. The minimum atomic E-state index is -0.325. The van der Waals surface area contributed by atoms with Gasteiger partial charge in [0.05, 0.1) is 6.42 Å². The van der Waals surface area contributed by atoms with Crippen LogP contribution in [-0.2, 0) is 9.63 Å². The molecule has 14 heavy (non-hydrogen) atoms. The molecule has 0 spiro atoms. The molecule has 0 aromatic carbocycles. The van der Waals surface area contributed by atoms with Gasteiger partial charge in [-0.3, -0.25) is 4.79 Å². The molecule has 0 heterocycles. The first-order valence-electron chi connectivity index (χ1n) is 5.05. The van der Waals surface area contributed by atoms with Gasteiger partial charge in [0.15, 0.2) is 0 Å². The van der Waals surface area contributed by atoms with Crippen LogP contribution in [-0.4, -0.2) is 30.0 Å². The van der Waals surface area contributed by atoms with Crippen molar-refractivity contribution in [2.75, 3.05) is 13.1 Å². The molecule has 5 heteroatoms. The normalized spacial score (nSPS) is 12.9. The molecule has 84 valence electrons. The zero-order valence-corrected chi connectivity index (χ0v) is 9.25. The van der Waals surface area contributed by atoms with Crippen LogP contribution in [0.4, 0.5) is 0 Å². The highest BCUT2D eigenvalue weighted by molar-refractivity contribution is 5.69. The summed E-state index contributed by atoms with van der Waals surface area (Å²) in [4.78, 5) is 17.6. The Hall–Kier alpha value is -0.650. The Kier molecular flexibility index (Phi) is 7.37. The van der Waals surface area contributed by atoms with E-state index in [9.17, 15) is 4.79 Å². The van der Waals surface area contributed by atoms with E-state index in [4.69, 9.17) is 5.84 Å². The fraction of sp³-hybridized carbons (Fsp3) is 0.889. The first kappa shape index (κ1) is 13.4. The SMILES string of the molecule is CCC(C)N(CC)CCC(=O)ONN. The van der Waals surface area contributed by atoms with Crippen molar-refractivity contribution in [1.82, 2.24) is 10.5 Å². The van der Waals surface area contributed by atoms with Crippen molar-refractivity contribution in [1.29, 1.82) is 0 Å². The van der Waals surface area contributed by atoms with Crippen LogP contribution in [0.15, 0.2) is 0 Å². The number of rotatable bonds is 7. The van der Waals surface area contributed by atoms with Gasteiger partial charge >= 0.3 is 5.97 Å². The van der Waals surface area contributed by atoms with Crippen molar-refractivity contribution in [2.24, 2.45) is 5.84 Å². The highest BCUT2D eigenvalue weighted by Gasteiger charge is 2.12. The maximum atomic E-state index is 11.0. The smallest absolute Gasteiger partial charge is 0.327 e. The Balaban J connectivity index is 3.77. The molecule has 3 N–H and O–H groups in total. The Morgan fingerprint density at radius 2 is 2.21 bits per heavy atom. The lowest BCUT2D eigenvalue weighted by Gasteiger charge is -2.26. The number of nitrogens with two attached hydrogens (primary N) is 1. The molecule has 0 aromatic heterocycles. The average molecular weight is 203 g/mol. The van der Waals surface area contributed by atoms with E-state index in [1.807, 2.05) is 5.59 Å². The van der Waals surface area contributed by atoms with Gasteiger partial charge in [0.25, 0.3) is 0 Å². The van der Waals surface area contributed by atoms with Gasteiger partial charge in [-0.15, -0.1) is 0 Å². The third-order valence-electron chi connectivity index (χ3n) is 2.40. The predicted octanol–water partition coefficient (Wildman–Crippen LogP) is 0.418. The van der Waals surface area contributed by atoms with Crippen LogP contribution >= 0.6 is 0 Å². The summed E-state index contributed by atoms with van der Waals surface area (Å²) < 4.78 is 0. The van der Waals surface area contributed by atoms with E-state index in [1.54, 1.807) is 0 Å². The van der Waals surface area contributed by atoms with E-state index in [-0.39, 0.29) is 5.97 Å². The summed E-state index contributed by atoms with van der Waals surface area (Å²) in [5, 5.41) is 0. The Labute approximate surface area is 85.5 Å². The third kappa shape index (κ3) is 5.16. The van der Waals surface area contributed by atoms with Gasteiger partial charge in [0.1, 0.15) is 0 Å². The molecule has 1 atom stereocenters. The van der Waals surface area contributed by atoms with Gasteiger partial charge < -0.3 is 9.74 Å². The van der Waals surface area contributed by atoms with Crippen LogP contribution in [0.2, 0.25) is 0 Å². The summed E-state index contributed by atoms with van der Waals surface area (Å²) in [7, 11) is 0. The zero-order valence-electron chi connectivity index (χ0n) is 9.25. The van der Waals surface area contributed by atoms with Gasteiger partial charge in [-0.2, -0.15) is 0 Å². The topological polar surface area (TPSA) is 67.6 Å². The van der Waals surface area contributed by atoms with Crippen molar-refractivity contribution in [2.45, 2.75) is 39.7 Å². The molecule has 0 fully saturated rings. The molecule has 0 aliphatic carbocycles.